The molecule has 0 spiro atoms. The number of hydrogen-bond donors (Lipinski definition) is 2. The van der Waals surface area contributed by atoms with Gasteiger partial charge in [-0.3, -0.25) is 4.79 Å². The van der Waals surface area contributed by atoms with Crippen molar-refractivity contribution < 1.29 is 24.2 Å². The highest BCUT2D eigenvalue weighted by atomic mass is 35.5. The second-order valence-electron chi connectivity index (χ2n) is 4.64. The van der Waals surface area contributed by atoms with Crippen LogP contribution in [-0.4, -0.2) is 29.3 Å². The predicted molar refractivity (Wildman–Crippen MR) is 71.4 cm³/mol. The van der Waals surface area contributed by atoms with Crippen molar-refractivity contribution in [1.82, 2.24) is 5.32 Å². The van der Waals surface area contributed by atoms with Crippen LogP contribution in [0.2, 0.25) is 5.02 Å². The maximum Gasteiger partial charge on any atom is 0.329 e. The number of halogens is 1. The SMILES string of the molecule is CCC(C)(NC(=O)c1cc(Cl)c2c(c1)OCO2)C(=O)O. The van der Waals surface area contributed by atoms with Crippen LogP contribution in [0.15, 0.2) is 12.1 Å². The van der Waals surface area contributed by atoms with E-state index in [1.54, 1.807) is 6.92 Å². The molecule has 1 aliphatic rings. The number of carboxylic acids is 1. The quantitative estimate of drug-likeness (QED) is 0.889. The topological polar surface area (TPSA) is 84.9 Å². The summed E-state index contributed by atoms with van der Waals surface area (Å²) in [6.45, 7) is 3.17. The Balaban J connectivity index is 2.26. The van der Waals surface area contributed by atoms with Crippen LogP contribution < -0.4 is 14.8 Å². The van der Waals surface area contributed by atoms with E-state index < -0.39 is 17.4 Å². The Hall–Kier alpha value is -1.95. The molecule has 1 amide bonds. The molecule has 1 aromatic rings. The number of carbonyl (C=O) groups excluding carboxylic acids is 1. The number of fused-ring (bicyclic) bond motifs is 1. The van der Waals surface area contributed by atoms with Gasteiger partial charge in [-0.05, 0) is 25.5 Å². The molecule has 0 bridgehead atoms. The Bertz CT molecular complexity index is 574. The van der Waals surface area contributed by atoms with Crippen LogP contribution in [-0.2, 0) is 4.79 Å². The lowest BCUT2D eigenvalue weighted by Gasteiger charge is -2.24. The lowest BCUT2D eigenvalue weighted by molar-refractivity contribution is -0.143. The first-order valence-electron chi connectivity index (χ1n) is 6.02. The first kappa shape index (κ1) is 14.5. The summed E-state index contributed by atoms with van der Waals surface area (Å²) in [6, 6.07) is 2.89. The summed E-state index contributed by atoms with van der Waals surface area (Å²) in [5.74, 6) is -0.868. The first-order valence-corrected chi connectivity index (χ1v) is 6.40. The van der Waals surface area contributed by atoms with Crippen molar-refractivity contribution in [1.29, 1.82) is 0 Å². The third kappa shape index (κ3) is 2.51. The molecule has 1 aromatic carbocycles. The number of amides is 1. The highest BCUT2D eigenvalue weighted by Gasteiger charge is 2.33. The third-order valence-corrected chi connectivity index (χ3v) is 3.54. The summed E-state index contributed by atoms with van der Waals surface area (Å²) >= 11 is 5.99. The van der Waals surface area contributed by atoms with Crippen LogP contribution in [0.5, 0.6) is 11.5 Å². The fraction of sp³-hybridized carbons (Fsp3) is 0.385. The summed E-state index contributed by atoms with van der Waals surface area (Å²) < 4.78 is 10.3. The van der Waals surface area contributed by atoms with Crippen LogP contribution in [0.4, 0.5) is 0 Å². The first-order chi connectivity index (χ1) is 9.37. The van der Waals surface area contributed by atoms with E-state index in [1.165, 1.54) is 19.1 Å². The molecule has 7 heteroatoms. The average molecular weight is 300 g/mol. The van der Waals surface area contributed by atoms with Gasteiger partial charge in [-0.1, -0.05) is 18.5 Å². The number of rotatable bonds is 4. The lowest BCUT2D eigenvalue weighted by atomic mass is 9.98. The smallest absolute Gasteiger partial charge is 0.329 e. The number of carboxylic acid groups (broad SMARTS) is 1. The highest BCUT2D eigenvalue weighted by Crippen LogP contribution is 2.39. The number of aliphatic carboxylic acids is 1. The van der Waals surface area contributed by atoms with Crippen LogP contribution in [0.3, 0.4) is 0 Å². The largest absolute Gasteiger partial charge is 0.480 e. The minimum absolute atomic E-state index is 0.0436. The van der Waals surface area contributed by atoms with Gasteiger partial charge in [0.25, 0.3) is 5.91 Å². The zero-order chi connectivity index (χ0) is 14.9. The number of benzene rings is 1. The molecule has 0 aliphatic carbocycles. The molecule has 0 saturated carbocycles. The Kier molecular flexibility index (Phi) is 3.76. The van der Waals surface area contributed by atoms with Crippen molar-refractivity contribution in [2.24, 2.45) is 0 Å². The maximum absolute atomic E-state index is 12.1. The van der Waals surface area contributed by atoms with E-state index >= 15 is 0 Å². The number of hydrogen-bond acceptors (Lipinski definition) is 4. The van der Waals surface area contributed by atoms with Crippen molar-refractivity contribution >= 4 is 23.5 Å². The second-order valence-corrected chi connectivity index (χ2v) is 5.04. The molecule has 20 heavy (non-hydrogen) atoms. The predicted octanol–water partition coefficient (Wildman–Crippen LogP) is 2.05. The molecule has 1 atom stereocenters. The minimum Gasteiger partial charge on any atom is -0.480 e. The Morgan fingerprint density at radius 1 is 1.45 bits per heavy atom. The number of carbonyl (C=O) groups is 2. The summed E-state index contributed by atoms with van der Waals surface area (Å²) in [5, 5.41) is 11.9. The zero-order valence-corrected chi connectivity index (χ0v) is 11.8. The van der Waals surface area contributed by atoms with E-state index in [4.69, 9.17) is 26.2 Å². The van der Waals surface area contributed by atoms with E-state index in [2.05, 4.69) is 5.32 Å². The third-order valence-electron chi connectivity index (χ3n) is 3.26. The van der Waals surface area contributed by atoms with Crippen molar-refractivity contribution in [3.05, 3.63) is 22.7 Å². The average Bonchev–Trinajstić information content (AvgIpc) is 2.87. The Labute approximate surface area is 120 Å². The molecule has 1 heterocycles. The highest BCUT2D eigenvalue weighted by molar-refractivity contribution is 6.32. The van der Waals surface area contributed by atoms with Gasteiger partial charge >= 0.3 is 5.97 Å². The fourth-order valence-electron chi connectivity index (χ4n) is 1.71. The molecular weight excluding hydrogens is 286 g/mol. The van der Waals surface area contributed by atoms with E-state index in [0.717, 1.165) is 0 Å². The van der Waals surface area contributed by atoms with E-state index in [0.29, 0.717) is 11.5 Å². The van der Waals surface area contributed by atoms with Gasteiger partial charge in [0.1, 0.15) is 5.54 Å². The van der Waals surface area contributed by atoms with Gasteiger partial charge < -0.3 is 19.9 Å². The fourth-order valence-corrected chi connectivity index (χ4v) is 1.98. The molecule has 0 aromatic heterocycles. The van der Waals surface area contributed by atoms with E-state index in [-0.39, 0.29) is 23.8 Å². The lowest BCUT2D eigenvalue weighted by Crippen LogP contribution is -2.51. The van der Waals surface area contributed by atoms with Crippen molar-refractivity contribution in [3.8, 4) is 11.5 Å². The van der Waals surface area contributed by atoms with Crippen molar-refractivity contribution in [2.75, 3.05) is 6.79 Å². The van der Waals surface area contributed by atoms with Crippen LogP contribution in [0.25, 0.3) is 0 Å². The van der Waals surface area contributed by atoms with Crippen LogP contribution >= 0.6 is 11.6 Å². The molecule has 1 aliphatic heterocycles. The van der Waals surface area contributed by atoms with E-state index in [9.17, 15) is 9.59 Å². The van der Waals surface area contributed by atoms with Gasteiger partial charge in [-0.2, -0.15) is 0 Å². The monoisotopic (exact) mass is 299 g/mol. The van der Waals surface area contributed by atoms with Gasteiger partial charge in [0.15, 0.2) is 11.5 Å². The summed E-state index contributed by atoms with van der Waals surface area (Å²) in [7, 11) is 0. The van der Waals surface area contributed by atoms with Gasteiger partial charge in [0.05, 0.1) is 5.02 Å². The molecule has 2 N–H and O–H groups in total. The molecule has 0 fully saturated rings. The number of ether oxygens (including phenoxy) is 2. The molecule has 2 rings (SSSR count). The molecule has 0 saturated heterocycles. The van der Waals surface area contributed by atoms with Crippen molar-refractivity contribution in [3.63, 3.8) is 0 Å². The van der Waals surface area contributed by atoms with Gasteiger partial charge in [-0.15, -0.1) is 0 Å². The Morgan fingerprint density at radius 3 is 2.75 bits per heavy atom. The Morgan fingerprint density at radius 2 is 2.15 bits per heavy atom. The number of nitrogens with one attached hydrogen (secondary N) is 1. The summed E-state index contributed by atoms with van der Waals surface area (Å²) in [4.78, 5) is 23.3. The maximum atomic E-state index is 12.1. The molecule has 0 radical (unpaired) electrons. The van der Waals surface area contributed by atoms with Gasteiger partial charge in [0, 0.05) is 5.56 Å². The molecule has 1 unspecified atom stereocenters. The summed E-state index contributed by atoms with van der Waals surface area (Å²) in [5.41, 5.74) is -1.11. The van der Waals surface area contributed by atoms with Gasteiger partial charge in [-0.25, -0.2) is 4.79 Å². The normalized spacial score (nSPS) is 15.6. The molecule has 6 nitrogen and oxygen atoms in total. The standard InChI is InChI=1S/C13H14ClNO5/c1-3-13(2,12(17)18)15-11(16)7-4-8(14)10-9(5-7)19-6-20-10/h4-5H,3,6H2,1-2H3,(H,15,16)(H,17,18). The zero-order valence-electron chi connectivity index (χ0n) is 11.0. The van der Waals surface area contributed by atoms with Crippen LogP contribution in [0, 0.1) is 0 Å². The second kappa shape index (κ2) is 5.20. The van der Waals surface area contributed by atoms with Crippen LogP contribution in [0.1, 0.15) is 30.6 Å². The van der Waals surface area contributed by atoms with Gasteiger partial charge in [0.2, 0.25) is 6.79 Å². The molecule has 108 valence electrons. The van der Waals surface area contributed by atoms with E-state index in [1.807, 2.05) is 0 Å². The minimum atomic E-state index is -1.33. The van der Waals surface area contributed by atoms with Crippen molar-refractivity contribution in [2.45, 2.75) is 25.8 Å². The summed E-state index contributed by atoms with van der Waals surface area (Å²) in [6.07, 6.45) is 0.256. The molecular formula is C13H14ClNO5.